The highest BCUT2D eigenvalue weighted by Crippen LogP contribution is 2.44. The summed E-state index contributed by atoms with van der Waals surface area (Å²) in [4.78, 5) is 32.9. The Bertz CT molecular complexity index is 972. The minimum Gasteiger partial charge on any atom is -0.368 e. The summed E-state index contributed by atoms with van der Waals surface area (Å²) >= 11 is 0. The summed E-state index contributed by atoms with van der Waals surface area (Å²) in [5.41, 5.74) is 9.30. The predicted octanol–water partition coefficient (Wildman–Crippen LogP) is 3.82. The van der Waals surface area contributed by atoms with Crippen molar-refractivity contribution < 1.29 is 9.59 Å². The van der Waals surface area contributed by atoms with E-state index in [0.717, 1.165) is 54.4 Å². The van der Waals surface area contributed by atoms with Gasteiger partial charge in [0.2, 0.25) is 5.91 Å². The number of carbonyl (C=O) groups excluding carboxylic acids is 2. The van der Waals surface area contributed by atoms with Gasteiger partial charge in [-0.25, -0.2) is 0 Å². The van der Waals surface area contributed by atoms with Crippen LogP contribution in [0.3, 0.4) is 0 Å². The number of aryl methyl sites for hydroxylation is 2. The number of nitrogens with two attached hydrogens (primary N) is 1. The minimum absolute atomic E-state index is 0.207. The smallest absolute Gasteiger partial charge is 0.275 e. The van der Waals surface area contributed by atoms with E-state index in [4.69, 9.17) is 10.7 Å². The topological polar surface area (TPSA) is 75.8 Å². The van der Waals surface area contributed by atoms with Gasteiger partial charge >= 0.3 is 0 Å². The quantitative estimate of drug-likeness (QED) is 0.863. The Morgan fingerprint density at radius 1 is 1.03 bits per heavy atom. The van der Waals surface area contributed by atoms with Crippen LogP contribution in [0.15, 0.2) is 53.5 Å². The molecule has 150 valence electrons. The first-order valence-corrected chi connectivity index (χ1v) is 10.3. The summed E-state index contributed by atoms with van der Waals surface area (Å²) in [6, 6.07) is 14.7. The number of amides is 2. The summed E-state index contributed by atoms with van der Waals surface area (Å²) < 4.78 is 0. The molecular weight excluding hydrogens is 362 g/mol. The highest BCUT2D eigenvalue weighted by atomic mass is 16.2. The van der Waals surface area contributed by atoms with Gasteiger partial charge in [0.05, 0.1) is 0 Å². The highest BCUT2D eigenvalue weighted by molar-refractivity contribution is 6.47. The van der Waals surface area contributed by atoms with Crippen LogP contribution in [-0.2, 0) is 9.59 Å². The molecule has 1 aliphatic carbocycles. The Kier molecular flexibility index (Phi) is 4.99. The van der Waals surface area contributed by atoms with Crippen molar-refractivity contribution >= 4 is 17.5 Å². The van der Waals surface area contributed by atoms with Gasteiger partial charge in [0, 0.05) is 5.56 Å². The van der Waals surface area contributed by atoms with Crippen molar-refractivity contribution in [1.29, 1.82) is 0 Å². The third kappa shape index (κ3) is 3.46. The van der Waals surface area contributed by atoms with Crippen LogP contribution in [0.25, 0.3) is 0 Å². The van der Waals surface area contributed by atoms with Crippen molar-refractivity contribution in [3.8, 4) is 0 Å². The van der Waals surface area contributed by atoms with Crippen LogP contribution in [0.4, 0.5) is 0 Å². The van der Waals surface area contributed by atoms with Crippen LogP contribution < -0.4 is 5.73 Å². The van der Waals surface area contributed by atoms with Crippen molar-refractivity contribution in [3.63, 3.8) is 0 Å². The molecule has 5 nitrogen and oxygen atoms in total. The lowest BCUT2D eigenvalue weighted by atomic mass is 9.86. The van der Waals surface area contributed by atoms with E-state index in [1.165, 1.54) is 0 Å². The van der Waals surface area contributed by atoms with E-state index in [9.17, 15) is 9.59 Å². The van der Waals surface area contributed by atoms with E-state index < -0.39 is 17.6 Å². The zero-order valence-corrected chi connectivity index (χ0v) is 17.0. The number of nitrogens with zero attached hydrogens (tertiary/aromatic N) is 2. The molecule has 2 aromatic rings. The molecule has 0 aromatic heterocycles. The lowest BCUT2D eigenvalue weighted by molar-refractivity contribution is -0.141. The normalized spacial score (nSPS) is 19.3. The molecule has 0 bridgehead atoms. The Morgan fingerprint density at radius 3 is 2.34 bits per heavy atom. The first-order valence-electron chi connectivity index (χ1n) is 10.3. The van der Waals surface area contributed by atoms with Crippen molar-refractivity contribution in [2.45, 2.75) is 57.7 Å². The zero-order chi connectivity index (χ0) is 20.6. The molecule has 4 rings (SSSR count). The fourth-order valence-electron chi connectivity index (χ4n) is 4.62. The van der Waals surface area contributed by atoms with E-state index in [-0.39, 0.29) is 5.91 Å². The molecule has 1 aliphatic heterocycles. The number of carbonyl (C=O) groups is 2. The second-order valence-electron chi connectivity index (χ2n) is 8.26. The Hall–Kier alpha value is -2.95. The number of rotatable bonds is 4. The van der Waals surface area contributed by atoms with Crippen molar-refractivity contribution in [3.05, 3.63) is 70.8 Å². The van der Waals surface area contributed by atoms with E-state index >= 15 is 0 Å². The van der Waals surface area contributed by atoms with Crippen molar-refractivity contribution in [2.75, 3.05) is 0 Å². The monoisotopic (exact) mass is 389 g/mol. The molecule has 1 fully saturated rings. The molecule has 1 saturated carbocycles. The van der Waals surface area contributed by atoms with E-state index in [0.29, 0.717) is 5.71 Å². The largest absolute Gasteiger partial charge is 0.368 e. The van der Waals surface area contributed by atoms with Gasteiger partial charge in [-0.3, -0.25) is 19.5 Å². The fraction of sp³-hybridized carbons (Fsp3) is 0.375. The van der Waals surface area contributed by atoms with E-state index in [2.05, 4.69) is 0 Å². The van der Waals surface area contributed by atoms with Crippen LogP contribution in [0.5, 0.6) is 0 Å². The van der Waals surface area contributed by atoms with Gasteiger partial charge < -0.3 is 5.73 Å². The molecule has 2 aromatic carbocycles. The first-order chi connectivity index (χ1) is 13.9. The maximum absolute atomic E-state index is 13.7. The molecule has 0 radical (unpaired) electrons. The average Bonchev–Trinajstić information content (AvgIpc) is 2.96. The second-order valence-corrected chi connectivity index (χ2v) is 8.26. The number of primary amides is 1. The number of aliphatic imine (C=N–C) groups is 1. The van der Waals surface area contributed by atoms with Crippen molar-refractivity contribution in [1.82, 2.24) is 4.90 Å². The second kappa shape index (κ2) is 7.47. The average molecular weight is 389 g/mol. The zero-order valence-electron chi connectivity index (χ0n) is 17.0. The minimum atomic E-state index is -0.827. The van der Waals surface area contributed by atoms with E-state index in [1.807, 2.05) is 62.4 Å². The predicted molar refractivity (Wildman–Crippen MR) is 113 cm³/mol. The Morgan fingerprint density at radius 2 is 1.72 bits per heavy atom. The standard InChI is InChI=1S/C24H27N3O2/c1-16-9-11-18(12-10-16)20-23(29)27(24(26-20)13-4-3-5-14-24)21(22(25)28)19-8-6-7-17(2)15-19/h6-12,15,21H,3-5,13-14H2,1-2H3,(H2,25,28). The lowest BCUT2D eigenvalue weighted by Crippen LogP contribution is -2.53. The van der Waals surface area contributed by atoms with Gasteiger partial charge in [0.25, 0.3) is 5.91 Å². The van der Waals surface area contributed by atoms with Crippen molar-refractivity contribution in [2.24, 2.45) is 10.7 Å². The molecule has 2 aliphatic rings. The lowest BCUT2D eigenvalue weighted by Gasteiger charge is -2.42. The molecule has 29 heavy (non-hydrogen) atoms. The molecule has 2 amide bonds. The Balaban J connectivity index is 1.83. The summed E-state index contributed by atoms with van der Waals surface area (Å²) in [5.74, 6) is -0.727. The van der Waals surface area contributed by atoms with Crippen LogP contribution in [0.2, 0.25) is 0 Å². The van der Waals surface area contributed by atoms with Gasteiger partial charge in [0.1, 0.15) is 17.4 Å². The van der Waals surface area contributed by atoms with Crippen LogP contribution in [-0.4, -0.2) is 28.1 Å². The number of hydrogen-bond donors (Lipinski definition) is 1. The maximum Gasteiger partial charge on any atom is 0.275 e. The first kappa shape index (κ1) is 19.4. The van der Waals surface area contributed by atoms with Crippen LogP contribution >= 0.6 is 0 Å². The molecular formula is C24H27N3O2. The van der Waals surface area contributed by atoms with Crippen LogP contribution in [0, 0.1) is 13.8 Å². The van der Waals surface area contributed by atoms with E-state index in [1.54, 1.807) is 4.90 Å². The maximum atomic E-state index is 13.7. The van der Waals surface area contributed by atoms with Gasteiger partial charge in [-0.1, -0.05) is 66.1 Å². The SMILES string of the molecule is Cc1ccc(C2=NC3(CCCCC3)N(C(C(N)=O)c3cccc(C)c3)C2=O)cc1. The van der Waals surface area contributed by atoms with Gasteiger partial charge in [-0.15, -0.1) is 0 Å². The van der Waals surface area contributed by atoms with Crippen LogP contribution in [0.1, 0.15) is 60.4 Å². The number of hydrogen-bond acceptors (Lipinski definition) is 3. The molecule has 1 atom stereocenters. The van der Waals surface area contributed by atoms with Gasteiger partial charge in [-0.05, 0) is 45.1 Å². The molecule has 0 saturated heterocycles. The molecule has 1 heterocycles. The molecule has 5 heteroatoms. The third-order valence-electron chi connectivity index (χ3n) is 6.05. The summed E-state index contributed by atoms with van der Waals surface area (Å²) in [5, 5.41) is 0. The van der Waals surface area contributed by atoms with Gasteiger partial charge in [-0.2, -0.15) is 0 Å². The Labute approximate surface area is 171 Å². The third-order valence-corrected chi connectivity index (χ3v) is 6.05. The fourth-order valence-corrected chi connectivity index (χ4v) is 4.62. The molecule has 1 unspecified atom stereocenters. The summed E-state index contributed by atoms with van der Waals surface area (Å²) in [6.45, 7) is 3.98. The summed E-state index contributed by atoms with van der Waals surface area (Å²) in [6.07, 6.45) is 4.58. The summed E-state index contributed by atoms with van der Waals surface area (Å²) in [7, 11) is 0. The van der Waals surface area contributed by atoms with Gasteiger partial charge in [0.15, 0.2) is 0 Å². The highest BCUT2D eigenvalue weighted by Gasteiger charge is 2.52. The number of benzene rings is 2. The molecule has 1 spiro atoms. The molecule has 2 N–H and O–H groups in total.